The highest BCUT2D eigenvalue weighted by molar-refractivity contribution is 8.13. The number of hydrogen-bond acceptors (Lipinski definition) is 8. The van der Waals surface area contributed by atoms with Gasteiger partial charge in [0.15, 0.2) is 5.12 Å². The number of ether oxygens (including phenoxy) is 2. The molecule has 5 rings (SSSR count). The Morgan fingerprint density at radius 1 is 1.11 bits per heavy atom. The molecule has 1 spiro atoms. The Morgan fingerprint density at radius 3 is 2.25 bits per heavy atom. The van der Waals surface area contributed by atoms with Crippen molar-refractivity contribution in [2.45, 2.75) is 58.1 Å². The molecule has 4 aliphatic rings. The number of aryl methyl sites for hydroxylation is 1. The van der Waals surface area contributed by atoms with Crippen molar-refractivity contribution in [3.05, 3.63) is 53.3 Å². The van der Waals surface area contributed by atoms with E-state index in [1.165, 1.54) is 26.4 Å². The molecule has 0 aliphatic heterocycles. The van der Waals surface area contributed by atoms with Gasteiger partial charge in [0.25, 0.3) is 0 Å². The molecule has 36 heavy (non-hydrogen) atoms. The summed E-state index contributed by atoms with van der Waals surface area (Å²) in [5.41, 5.74) is -2.63. The molecular weight excluding hydrogens is 500 g/mol. The van der Waals surface area contributed by atoms with Gasteiger partial charge in [0.05, 0.1) is 10.8 Å². The predicted molar refractivity (Wildman–Crippen MR) is 138 cm³/mol. The molecule has 1 saturated carbocycles. The third-order valence-electron chi connectivity index (χ3n) is 8.68. The first-order chi connectivity index (χ1) is 16.9. The third kappa shape index (κ3) is 3.09. The topological polar surface area (TPSA) is 96.0 Å². The number of thioether (sulfide) groups is 1. The van der Waals surface area contributed by atoms with Crippen LogP contribution in [-0.4, -0.2) is 45.1 Å². The first kappa shape index (κ1) is 27.1. The van der Waals surface area contributed by atoms with Crippen LogP contribution < -0.4 is 0 Å². The smallest absolute Gasteiger partial charge is 0.338 e. The van der Waals surface area contributed by atoms with E-state index in [1.807, 2.05) is 26.8 Å². The molecular formula is C27H34O7S2. The van der Waals surface area contributed by atoms with Gasteiger partial charge in [-0.1, -0.05) is 55.8 Å². The van der Waals surface area contributed by atoms with E-state index in [1.54, 1.807) is 32.1 Å². The molecule has 0 heterocycles. The molecule has 196 valence electrons. The van der Waals surface area contributed by atoms with E-state index in [-0.39, 0.29) is 27.5 Å². The van der Waals surface area contributed by atoms with Crippen LogP contribution in [0.4, 0.5) is 0 Å². The van der Waals surface area contributed by atoms with E-state index in [2.05, 4.69) is 0 Å². The summed E-state index contributed by atoms with van der Waals surface area (Å²) in [6, 6.07) is 6.33. The maximum Gasteiger partial charge on any atom is 0.338 e. The molecule has 0 aromatic heterocycles. The lowest BCUT2D eigenvalue weighted by molar-refractivity contribution is -0.287. The van der Waals surface area contributed by atoms with E-state index in [0.717, 1.165) is 17.3 Å². The lowest BCUT2D eigenvalue weighted by atomic mass is 9.40. The normalized spacial score (nSPS) is 32.6. The minimum Gasteiger partial charge on any atom is -0.383 e. The molecule has 1 aromatic rings. The molecule has 0 amide bonds. The molecule has 9 heteroatoms. The average molecular weight is 535 g/mol. The number of benzene rings is 1. The number of methoxy groups -OCH3 is 2. The number of carbonyl (C=O) groups is 2. The summed E-state index contributed by atoms with van der Waals surface area (Å²) in [5, 5.41) is -0.187. The standard InChI is InChI=1S/C27H34O7S2/c1-8-18-12-15-20-24(4,23(29)35-9-2)25(5)21(16-26(18,20)22(28)27(25,32-6)33-7)34-36(30,31)19-13-10-17(3)11-14-19/h10-11,13-16,18H,8-9,12H2,1-7H3/t18-,24?,25?,26?/m1/s1. The van der Waals surface area contributed by atoms with E-state index >= 15 is 0 Å². The number of ketones is 1. The summed E-state index contributed by atoms with van der Waals surface area (Å²) in [6.07, 6.45) is 4.82. The van der Waals surface area contributed by atoms with Crippen molar-refractivity contribution < 1.29 is 31.7 Å². The van der Waals surface area contributed by atoms with Crippen LogP contribution in [0.2, 0.25) is 0 Å². The Morgan fingerprint density at radius 2 is 1.72 bits per heavy atom. The number of allylic oxidation sites excluding steroid dienone is 3. The van der Waals surface area contributed by atoms with Crippen molar-refractivity contribution in [3.63, 3.8) is 0 Å². The zero-order valence-corrected chi connectivity index (χ0v) is 23.5. The molecule has 1 fully saturated rings. The summed E-state index contributed by atoms with van der Waals surface area (Å²) in [7, 11) is -1.59. The molecule has 3 unspecified atom stereocenters. The number of Topliss-reactive ketones (excluding diaryl/α,β-unsaturated/α-hetero) is 1. The Labute approximate surface area is 217 Å². The van der Waals surface area contributed by atoms with E-state index in [4.69, 9.17) is 13.7 Å². The van der Waals surface area contributed by atoms with Crippen LogP contribution in [0.3, 0.4) is 0 Å². The maximum atomic E-state index is 14.4. The average Bonchev–Trinajstić information content (AvgIpc) is 3.22. The highest BCUT2D eigenvalue weighted by Crippen LogP contribution is 2.75. The van der Waals surface area contributed by atoms with Gasteiger partial charge in [-0.2, -0.15) is 8.42 Å². The molecule has 0 radical (unpaired) electrons. The van der Waals surface area contributed by atoms with Gasteiger partial charge in [-0.25, -0.2) is 0 Å². The second kappa shape index (κ2) is 8.82. The fourth-order valence-corrected chi connectivity index (χ4v) is 8.49. The molecule has 4 aliphatic carbocycles. The lowest BCUT2D eigenvalue weighted by Gasteiger charge is -2.65. The van der Waals surface area contributed by atoms with Gasteiger partial charge in [-0.05, 0) is 62.6 Å². The van der Waals surface area contributed by atoms with Gasteiger partial charge in [0.2, 0.25) is 11.6 Å². The Hall–Kier alpha value is -1.94. The van der Waals surface area contributed by atoms with Gasteiger partial charge in [0.1, 0.15) is 16.1 Å². The zero-order chi connectivity index (χ0) is 26.7. The zero-order valence-electron chi connectivity index (χ0n) is 21.8. The van der Waals surface area contributed by atoms with Crippen molar-refractivity contribution in [2.24, 2.45) is 22.2 Å². The van der Waals surface area contributed by atoms with Crippen molar-refractivity contribution in [3.8, 4) is 0 Å². The summed E-state index contributed by atoms with van der Waals surface area (Å²) >= 11 is 1.14. The number of rotatable bonds is 8. The predicted octanol–water partition coefficient (Wildman–Crippen LogP) is 4.80. The van der Waals surface area contributed by atoms with Crippen molar-refractivity contribution >= 4 is 32.8 Å². The van der Waals surface area contributed by atoms with Crippen LogP contribution in [0.15, 0.2) is 52.6 Å². The summed E-state index contributed by atoms with van der Waals surface area (Å²) in [5.74, 6) is -1.95. The Balaban J connectivity index is 2.05. The number of carbonyl (C=O) groups excluding carboxylic acids is 2. The van der Waals surface area contributed by atoms with E-state index in [0.29, 0.717) is 24.2 Å². The van der Waals surface area contributed by atoms with Gasteiger partial charge in [0, 0.05) is 14.2 Å². The van der Waals surface area contributed by atoms with Gasteiger partial charge < -0.3 is 13.7 Å². The first-order valence-corrected chi connectivity index (χ1v) is 14.5. The van der Waals surface area contributed by atoms with Crippen LogP contribution in [0, 0.1) is 29.1 Å². The van der Waals surface area contributed by atoms with Crippen LogP contribution in [-0.2, 0) is 33.4 Å². The van der Waals surface area contributed by atoms with Gasteiger partial charge >= 0.3 is 10.1 Å². The number of fused-ring (bicyclic) bond motifs is 1. The lowest BCUT2D eigenvalue weighted by Crippen LogP contribution is -2.76. The van der Waals surface area contributed by atoms with Crippen molar-refractivity contribution in [2.75, 3.05) is 20.0 Å². The minimum atomic E-state index is -4.29. The Bertz CT molecular complexity index is 1260. The first-order valence-electron chi connectivity index (χ1n) is 12.1. The second-order valence-corrected chi connectivity index (χ2v) is 12.8. The van der Waals surface area contributed by atoms with Gasteiger partial charge in [-0.3, -0.25) is 9.59 Å². The van der Waals surface area contributed by atoms with E-state index < -0.39 is 32.2 Å². The quantitative estimate of drug-likeness (QED) is 0.267. The van der Waals surface area contributed by atoms with Crippen LogP contribution in [0.1, 0.15) is 46.1 Å². The highest BCUT2D eigenvalue weighted by atomic mass is 32.2. The largest absolute Gasteiger partial charge is 0.383 e. The minimum absolute atomic E-state index is 0.00331. The molecule has 0 saturated heterocycles. The van der Waals surface area contributed by atoms with Crippen molar-refractivity contribution in [1.29, 1.82) is 0 Å². The highest BCUT2D eigenvalue weighted by Gasteiger charge is 2.83. The molecule has 0 N–H and O–H groups in total. The summed E-state index contributed by atoms with van der Waals surface area (Å²) < 4.78 is 44.7. The van der Waals surface area contributed by atoms with Crippen LogP contribution >= 0.6 is 11.8 Å². The second-order valence-electron chi connectivity index (χ2n) is 10.0. The molecule has 4 atom stereocenters. The summed E-state index contributed by atoms with van der Waals surface area (Å²) in [6.45, 7) is 9.13. The summed E-state index contributed by atoms with van der Waals surface area (Å²) in [4.78, 5) is 28.3. The maximum absolute atomic E-state index is 14.4. The van der Waals surface area contributed by atoms with Crippen LogP contribution in [0.5, 0.6) is 0 Å². The number of hydrogen-bond donors (Lipinski definition) is 0. The fourth-order valence-electron chi connectivity index (χ4n) is 6.61. The molecule has 7 nitrogen and oxygen atoms in total. The van der Waals surface area contributed by atoms with Gasteiger partial charge in [-0.15, -0.1) is 0 Å². The van der Waals surface area contributed by atoms with E-state index in [9.17, 15) is 18.0 Å². The van der Waals surface area contributed by atoms with Crippen LogP contribution in [0.25, 0.3) is 0 Å². The Kier molecular flexibility index (Phi) is 6.64. The third-order valence-corrected chi connectivity index (χ3v) is 10.9. The SMILES string of the molecule is CCSC(=O)C1(C)C2=CC[C@@H](CC)C23C=C(OS(=O)(=O)c2ccc(C)cc2)C1(C)C(OC)(OC)C3=O. The molecule has 2 bridgehead atoms. The fraction of sp³-hybridized carbons (Fsp3) is 0.556. The van der Waals surface area contributed by atoms with Crippen molar-refractivity contribution in [1.82, 2.24) is 0 Å². The monoisotopic (exact) mass is 534 g/mol. The molecule has 1 aromatic carbocycles.